The highest BCUT2D eigenvalue weighted by molar-refractivity contribution is 7.91. The Hall–Kier alpha value is -1.27. The number of thiophene rings is 1. The lowest BCUT2D eigenvalue weighted by molar-refractivity contribution is -0.383. The number of hydrazine groups is 1. The molecule has 20 heavy (non-hydrogen) atoms. The van der Waals surface area contributed by atoms with Gasteiger partial charge in [-0.25, -0.2) is 14.3 Å². The van der Waals surface area contributed by atoms with E-state index in [4.69, 9.17) is 10.9 Å². The van der Waals surface area contributed by atoms with Crippen molar-refractivity contribution in [2.75, 3.05) is 18.6 Å². The fourth-order valence-electron chi connectivity index (χ4n) is 1.80. The van der Waals surface area contributed by atoms with Crippen molar-refractivity contribution in [1.82, 2.24) is 4.31 Å². The molecular weight excluding hydrogens is 308 g/mol. The Kier molecular flexibility index (Phi) is 4.25. The van der Waals surface area contributed by atoms with Gasteiger partial charge in [0.1, 0.15) is 4.21 Å². The summed E-state index contributed by atoms with van der Waals surface area (Å²) < 4.78 is 25.9. The van der Waals surface area contributed by atoms with Crippen LogP contribution >= 0.6 is 11.3 Å². The van der Waals surface area contributed by atoms with Crippen LogP contribution in [0.25, 0.3) is 0 Å². The van der Waals surface area contributed by atoms with E-state index < -0.39 is 14.9 Å². The third-order valence-electron chi connectivity index (χ3n) is 2.86. The van der Waals surface area contributed by atoms with Crippen molar-refractivity contribution in [3.05, 3.63) is 16.2 Å². The van der Waals surface area contributed by atoms with E-state index in [9.17, 15) is 18.5 Å². The van der Waals surface area contributed by atoms with Crippen LogP contribution in [0.3, 0.4) is 0 Å². The van der Waals surface area contributed by atoms with Crippen LogP contribution in [-0.2, 0) is 10.0 Å². The Morgan fingerprint density at radius 3 is 2.65 bits per heavy atom. The van der Waals surface area contributed by atoms with E-state index in [1.165, 1.54) is 4.31 Å². The smallest absolute Gasteiger partial charge is 0.306 e. The number of aliphatic hydroxyl groups is 1. The van der Waals surface area contributed by atoms with E-state index in [-0.39, 0.29) is 34.1 Å². The van der Waals surface area contributed by atoms with Gasteiger partial charge in [0, 0.05) is 18.7 Å². The topological polar surface area (TPSA) is 139 Å². The fraction of sp³-hybridized carbons (Fsp3) is 0.556. The number of hydrogen-bond donors (Lipinski definition) is 3. The van der Waals surface area contributed by atoms with Gasteiger partial charge in [-0.15, -0.1) is 0 Å². The molecule has 0 unspecified atom stereocenters. The summed E-state index contributed by atoms with van der Waals surface area (Å²) in [5.74, 6) is 5.16. The molecule has 0 aliphatic heterocycles. The molecule has 0 amide bonds. The molecule has 0 spiro atoms. The maximum Gasteiger partial charge on any atom is 0.306 e. The first-order valence-electron chi connectivity index (χ1n) is 5.79. The van der Waals surface area contributed by atoms with Gasteiger partial charge in [-0.3, -0.25) is 10.1 Å². The third-order valence-corrected chi connectivity index (χ3v) is 6.31. The fourth-order valence-corrected chi connectivity index (χ4v) is 4.85. The van der Waals surface area contributed by atoms with Gasteiger partial charge in [0.2, 0.25) is 0 Å². The van der Waals surface area contributed by atoms with E-state index in [1.54, 1.807) is 0 Å². The first-order chi connectivity index (χ1) is 9.41. The number of nitrogens with zero attached hydrogens (tertiary/aromatic N) is 2. The minimum absolute atomic E-state index is 0.0201. The molecule has 112 valence electrons. The molecule has 1 heterocycles. The number of aliphatic hydroxyl groups excluding tert-OH is 1. The lowest BCUT2D eigenvalue weighted by Gasteiger charge is -2.19. The SMILES string of the molecule is NNc1sc(S(=O)(=O)N(CCO)C2CC2)cc1[N+](=O)[O-]. The normalized spacial score (nSPS) is 15.6. The molecule has 9 nitrogen and oxygen atoms in total. The number of nitrogens with two attached hydrogens (primary N) is 1. The minimum atomic E-state index is -3.85. The lowest BCUT2D eigenvalue weighted by Crippen LogP contribution is -2.35. The van der Waals surface area contributed by atoms with Crippen molar-refractivity contribution >= 4 is 32.0 Å². The summed E-state index contributed by atoms with van der Waals surface area (Å²) >= 11 is 0.705. The van der Waals surface area contributed by atoms with E-state index in [1.807, 2.05) is 0 Å². The molecule has 11 heteroatoms. The quantitative estimate of drug-likeness (QED) is 0.367. The Labute approximate surface area is 119 Å². The highest BCUT2D eigenvalue weighted by Crippen LogP contribution is 2.40. The van der Waals surface area contributed by atoms with Gasteiger partial charge in [-0.1, -0.05) is 11.3 Å². The van der Waals surface area contributed by atoms with Crippen LogP contribution in [0, 0.1) is 10.1 Å². The second-order valence-electron chi connectivity index (χ2n) is 4.25. The predicted octanol–water partition coefficient (Wildman–Crippen LogP) is 0.0873. The monoisotopic (exact) mass is 322 g/mol. The van der Waals surface area contributed by atoms with Crippen molar-refractivity contribution in [2.24, 2.45) is 5.84 Å². The van der Waals surface area contributed by atoms with E-state index in [0.29, 0.717) is 11.3 Å². The van der Waals surface area contributed by atoms with Crippen LogP contribution in [0.5, 0.6) is 0 Å². The van der Waals surface area contributed by atoms with Gasteiger partial charge in [-0.2, -0.15) is 4.31 Å². The van der Waals surface area contributed by atoms with Crippen LogP contribution < -0.4 is 11.3 Å². The second-order valence-corrected chi connectivity index (χ2v) is 7.42. The Morgan fingerprint density at radius 1 is 1.60 bits per heavy atom. The van der Waals surface area contributed by atoms with Gasteiger partial charge < -0.3 is 10.5 Å². The summed E-state index contributed by atoms with van der Waals surface area (Å²) in [6.45, 7) is -0.324. The van der Waals surface area contributed by atoms with Crippen molar-refractivity contribution in [1.29, 1.82) is 0 Å². The Bertz CT molecular complexity index is 610. The van der Waals surface area contributed by atoms with Crippen LogP contribution in [-0.4, -0.2) is 41.9 Å². The molecule has 1 aromatic rings. The molecule has 1 aromatic heterocycles. The van der Waals surface area contributed by atoms with Gasteiger partial charge in [0.15, 0.2) is 5.00 Å². The van der Waals surface area contributed by atoms with Crippen molar-refractivity contribution < 1.29 is 18.4 Å². The highest BCUT2D eigenvalue weighted by atomic mass is 32.2. The van der Waals surface area contributed by atoms with Crippen molar-refractivity contribution in [3.8, 4) is 0 Å². The summed E-state index contributed by atoms with van der Waals surface area (Å²) in [4.78, 5) is 10.1. The Balaban J connectivity index is 2.40. The van der Waals surface area contributed by atoms with Crippen LogP contribution in [0.2, 0.25) is 0 Å². The molecule has 0 bridgehead atoms. The zero-order chi connectivity index (χ0) is 14.9. The highest BCUT2D eigenvalue weighted by Gasteiger charge is 2.39. The predicted molar refractivity (Wildman–Crippen MR) is 72.8 cm³/mol. The lowest BCUT2D eigenvalue weighted by atomic mass is 10.5. The standard InChI is InChI=1S/C9H14N4O5S2/c10-11-9-7(13(15)16)5-8(19-9)20(17,18)12(3-4-14)6-1-2-6/h5-6,11,14H,1-4,10H2. The van der Waals surface area contributed by atoms with E-state index in [0.717, 1.165) is 18.9 Å². The summed E-state index contributed by atoms with van der Waals surface area (Å²) in [5, 5.41) is 19.8. The zero-order valence-electron chi connectivity index (χ0n) is 10.4. The largest absolute Gasteiger partial charge is 0.395 e. The van der Waals surface area contributed by atoms with Crippen LogP contribution in [0.15, 0.2) is 10.3 Å². The maximum atomic E-state index is 12.4. The average Bonchev–Trinajstić information content (AvgIpc) is 3.11. The molecular formula is C9H14N4O5S2. The molecule has 1 aliphatic rings. The number of nitro groups is 1. The van der Waals surface area contributed by atoms with Gasteiger partial charge >= 0.3 is 5.69 Å². The third kappa shape index (κ3) is 2.76. The van der Waals surface area contributed by atoms with E-state index >= 15 is 0 Å². The number of nitrogen functional groups attached to an aromatic ring is 1. The molecule has 1 fully saturated rings. The summed E-state index contributed by atoms with van der Waals surface area (Å²) in [6, 6.07) is 0.852. The number of rotatable bonds is 7. The number of nitrogens with one attached hydrogen (secondary N) is 1. The van der Waals surface area contributed by atoms with Crippen LogP contribution in [0.4, 0.5) is 10.7 Å². The average molecular weight is 322 g/mol. The number of sulfonamides is 1. The zero-order valence-corrected chi connectivity index (χ0v) is 12.0. The van der Waals surface area contributed by atoms with E-state index in [2.05, 4.69) is 5.43 Å². The first-order valence-corrected chi connectivity index (χ1v) is 8.05. The molecule has 1 saturated carbocycles. The van der Waals surface area contributed by atoms with Gasteiger partial charge in [-0.05, 0) is 12.8 Å². The molecule has 4 N–H and O–H groups in total. The Morgan fingerprint density at radius 2 is 2.25 bits per heavy atom. The van der Waals surface area contributed by atoms with Crippen molar-refractivity contribution in [2.45, 2.75) is 23.1 Å². The number of hydrogen-bond acceptors (Lipinski definition) is 8. The summed E-state index contributed by atoms with van der Waals surface area (Å²) in [5.41, 5.74) is 1.75. The molecule has 0 aromatic carbocycles. The number of anilines is 1. The second kappa shape index (κ2) is 5.61. The minimum Gasteiger partial charge on any atom is -0.395 e. The molecule has 0 atom stereocenters. The summed E-state index contributed by atoms with van der Waals surface area (Å²) in [6.07, 6.45) is 1.46. The molecule has 2 rings (SSSR count). The first kappa shape index (κ1) is 15.1. The summed E-state index contributed by atoms with van der Waals surface area (Å²) in [7, 11) is -3.85. The van der Waals surface area contributed by atoms with Crippen molar-refractivity contribution in [3.63, 3.8) is 0 Å². The van der Waals surface area contributed by atoms with Crippen LogP contribution in [0.1, 0.15) is 12.8 Å². The molecule has 0 radical (unpaired) electrons. The molecule has 1 aliphatic carbocycles. The molecule has 0 saturated heterocycles. The van der Waals surface area contributed by atoms with Gasteiger partial charge in [0.05, 0.1) is 11.5 Å². The maximum absolute atomic E-state index is 12.4. The van der Waals surface area contributed by atoms with Gasteiger partial charge in [0.25, 0.3) is 10.0 Å².